The summed E-state index contributed by atoms with van der Waals surface area (Å²) < 4.78 is 23.1. The smallest absolute Gasteiger partial charge is 0.227 e. The van der Waals surface area contributed by atoms with Gasteiger partial charge in [0.1, 0.15) is 0 Å². The maximum Gasteiger partial charge on any atom is 0.227 e. The molecule has 1 saturated heterocycles. The quantitative estimate of drug-likeness (QED) is 0.575. The van der Waals surface area contributed by atoms with Crippen LogP contribution >= 0.6 is 22.6 Å². The highest BCUT2D eigenvalue weighted by atomic mass is 127. The minimum Gasteiger partial charge on any atom is -0.397 e. The Morgan fingerprint density at radius 2 is 2.11 bits per heavy atom. The number of sulfonamides is 1. The molecule has 1 heterocycles. The predicted molar refractivity (Wildman–Crippen MR) is 82.0 cm³/mol. The summed E-state index contributed by atoms with van der Waals surface area (Å²) in [7, 11) is -3.56. The van der Waals surface area contributed by atoms with Gasteiger partial charge in [-0.3, -0.25) is 4.79 Å². The third kappa shape index (κ3) is 3.57. The second kappa shape index (κ2) is 5.25. The van der Waals surface area contributed by atoms with Crippen LogP contribution in [0.1, 0.15) is 6.42 Å². The molecule has 19 heavy (non-hydrogen) atoms. The van der Waals surface area contributed by atoms with E-state index < -0.39 is 10.0 Å². The molecule has 1 aromatic carbocycles. The molecule has 1 atom stereocenters. The first-order chi connectivity index (χ1) is 8.76. The summed E-state index contributed by atoms with van der Waals surface area (Å²) in [6, 6.07) is 5.40. The van der Waals surface area contributed by atoms with Crippen molar-refractivity contribution in [2.24, 2.45) is 11.1 Å². The molecule has 1 aliphatic heterocycles. The van der Waals surface area contributed by atoms with Crippen LogP contribution in [0.4, 0.5) is 11.4 Å². The molecule has 0 aromatic heterocycles. The average molecular weight is 395 g/mol. The lowest BCUT2D eigenvalue weighted by Crippen LogP contribution is -2.28. The second-order valence-corrected chi connectivity index (χ2v) is 7.51. The van der Waals surface area contributed by atoms with Crippen molar-refractivity contribution in [3.63, 3.8) is 0 Å². The molecular weight excluding hydrogens is 381 g/mol. The lowest BCUT2D eigenvalue weighted by molar-refractivity contribution is -0.117. The number of carbonyl (C=O) groups is 1. The number of anilines is 2. The standard InChI is InChI=1S/C11H14IN3O3S/c12-8-1-2-10(9(13)4-8)15-5-7(3-11(15)16)6-19(14,17)18/h1-2,4,7H,3,5-6,13H2,(H2,14,17,18). The van der Waals surface area contributed by atoms with Crippen molar-refractivity contribution in [3.05, 3.63) is 21.8 Å². The van der Waals surface area contributed by atoms with Crippen LogP contribution in [0.25, 0.3) is 0 Å². The van der Waals surface area contributed by atoms with Crippen molar-refractivity contribution in [1.82, 2.24) is 0 Å². The van der Waals surface area contributed by atoms with E-state index in [1.165, 1.54) is 4.90 Å². The normalized spacial score (nSPS) is 20.0. The van der Waals surface area contributed by atoms with Crippen molar-refractivity contribution in [2.75, 3.05) is 22.9 Å². The zero-order valence-corrected chi connectivity index (χ0v) is 13.0. The van der Waals surface area contributed by atoms with Crippen LogP contribution in [0.15, 0.2) is 18.2 Å². The molecule has 0 aliphatic carbocycles. The minimum atomic E-state index is -3.56. The summed E-state index contributed by atoms with van der Waals surface area (Å²) in [6.45, 7) is 0.333. The highest BCUT2D eigenvalue weighted by Gasteiger charge is 2.33. The van der Waals surface area contributed by atoms with Gasteiger partial charge in [-0.1, -0.05) is 0 Å². The van der Waals surface area contributed by atoms with Crippen molar-refractivity contribution in [1.29, 1.82) is 0 Å². The van der Waals surface area contributed by atoms with Gasteiger partial charge in [0.15, 0.2) is 0 Å². The third-order valence-corrected chi connectivity index (χ3v) is 4.56. The van der Waals surface area contributed by atoms with E-state index in [1.54, 1.807) is 12.1 Å². The van der Waals surface area contributed by atoms with E-state index in [4.69, 9.17) is 10.9 Å². The van der Waals surface area contributed by atoms with Gasteiger partial charge in [-0.2, -0.15) is 0 Å². The molecule has 0 radical (unpaired) electrons. The molecule has 0 spiro atoms. The molecule has 0 saturated carbocycles. The maximum atomic E-state index is 11.9. The number of amides is 1. The number of nitrogens with zero attached hydrogens (tertiary/aromatic N) is 1. The zero-order chi connectivity index (χ0) is 14.2. The van der Waals surface area contributed by atoms with E-state index in [9.17, 15) is 13.2 Å². The molecule has 104 valence electrons. The maximum absolute atomic E-state index is 11.9. The third-order valence-electron chi connectivity index (χ3n) is 2.95. The molecule has 1 unspecified atom stereocenters. The van der Waals surface area contributed by atoms with Gasteiger partial charge in [-0.15, -0.1) is 0 Å². The highest BCUT2D eigenvalue weighted by molar-refractivity contribution is 14.1. The van der Waals surface area contributed by atoms with Crippen LogP contribution in [0, 0.1) is 9.49 Å². The number of carbonyl (C=O) groups excluding carboxylic acids is 1. The summed E-state index contributed by atoms with van der Waals surface area (Å²) in [6.07, 6.45) is 0.182. The van der Waals surface area contributed by atoms with E-state index in [0.29, 0.717) is 17.9 Å². The van der Waals surface area contributed by atoms with Gasteiger partial charge in [-0.05, 0) is 40.8 Å². The van der Waals surface area contributed by atoms with Gasteiger partial charge in [0.05, 0.1) is 17.1 Å². The van der Waals surface area contributed by atoms with Gasteiger partial charge in [0.2, 0.25) is 15.9 Å². The molecule has 1 aromatic rings. The topological polar surface area (TPSA) is 106 Å². The fourth-order valence-corrected chi connectivity index (χ4v) is 3.62. The summed E-state index contributed by atoms with van der Waals surface area (Å²) in [4.78, 5) is 13.5. The van der Waals surface area contributed by atoms with Gasteiger partial charge in [0.25, 0.3) is 0 Å². The van der Waals surface area contributed by atoms with Crippen LogP contribution in [-0.2, 0) is 14.8 Å². The fourth-order valence-electron chi connectivity index (χ4n) is 2.23. The first kappa shape index (κ1) is 14.5. The SMILES string of the molecule is Nc1cc(I)ccc1N1CC(CS(N)(=O)=O)CC1=O. The molecule has 8 heteroatoms. The number of nitrogens with two attached hydrogens (primary N) is 2. The van der Waals surface area contributed by atoms with E-state index in [2.05, 4.69) is 22.6 Å². The second-order valence-electron chi connectivity index (χ2n) is 4.61. The molecule has 1 aliphatic rings. The van der Waals surface area contributed by atoms with Gasteiger partial charge >= 0.3 is 0 Å². The zero-order valence-electron chi connectivity index (χ0n) is 10.0. The summed E-state index contributed by atoms with van der Waals surface area (Å²) in [5.74, 6) is -0.581. The van der Waals surface area contributed by atoms with E-state index in [0.717, 1.165) is 3.57 Å². The number of rotatable bonds is 3. The number of hydrogen-bond donors (Lipinski definition) is 2. The lowest BCUT2D eigenvalue weighted by Gasteiger charge is -2.18. The van der Waals surface area contributed by atoms with Crippen molar-refractivity contribution >= 4 is 49.9 Å². The van der Waals surface area contributed by atoms with Crippen molar-refractivity contribution < 1.29 is 13.2 Å². The number of primary sulfonamides is 1. The first-order valence-electron chi connectivity index (χ1n) is 5.62. The summed E-state index contributed by atoms with van der Waals surface area (Å²) in [5.41, 5.74) is 7.03. The lowest BCUT2D eigenvalue weighted by atomic mass is 10.1. The molecule has 1 amide bonds. The Hall–Kier alpha value is -0.870. The fraction of sp³-hybridized carbons (Fsp3) is 0.364. The Morgan fingerprint density at radius 3 is 2.68 bits per heavy atom. The van der Waals surface area contributed by atoms with Crippen LogP contribution in [-0.4, -0.2) is 26.6 Å². The van der Waals surface area contributed by atoms with Crippen LogP contribution in [0.3, 0.4) is 0 Å². The van der Waals surface area contributed by atoms with Crippen LogP contribution in [0.2, 0.25) is 0 Å². The van der Waals surface area contributed by atoms with E-state index in [1.807, 2.05) is 6.07 Å². The van der Waals surface area contributed by atoms with Crippen molar-refractivity contribution in [2.45, 2.75) is 6.42 Å². The number of hydrogen-bond acceptors (Lipinski definition) is 4. The molecule has 1 fully saturated rings. The molecule has 6 nitrogen and oxygen atoms in total. The largest absolute Gasteiger partial charge is 0.397 e. The van der Waals surface area contributed by atoms with Gasteiger partial charge in [-0.25, -0.2) is 13.6 Å². The summed E-state index contributed by atoms with van der Waals surface area (Å²) in [5, 5.41) is 5.01. The number of benzene rings is 1. The van der Waals surface area contributed by atoms with Crippen molar-refractivity contribution in [3.8, 4) is 0 Å². The van der Waals surface area contributed by atoms with Gasteiger partial charge in [0, 0.05) is 22.5 Å². The minimum absolute atomic E-state index is 0.124. The summed E-state index contributed by atoms with van der Waals surface area (Å²) >= 11 is 2.13. The Morgan fingerprint density at radius 1 is 1.42 bits per heavy atom. The Bertz CT molecular complexity index is 618. The molecule has 2 rings (SSSR count). The first-order valence-corrected chi connectivity index (χ1v) is 8.41. The van der Waals surface area contributed by atoms with Gasteiger partial charge < -0.3 is 10.6 Å². The van der Waals surface area contributed by atoms with E-state index >= 15 is 0 Å². The Kier molecular flexibility index (Phi) is 4.02. The molecule has 0 bridgehead atoms. The van der Waals surface area contributed by atoms with E-state index in [-0.39, 0.29) is 24.0 Å². The molecular formula is C11H14IN3O3S. The predicted octanol–water partition coefficient (Wildman–Crippen LogP) is 0.515. The highest BCUT2D eigenvalue weighted by Crippen LogP contribution is 2.31. The average Bonchev–Trinajstić information content (AvgIpc) is 2.56. The van der Waals surface area contributed by atoms with Crippen LogP contribution in [0.5, 0.6) is 0 Å². The van der Waals surface area contributed by atoms with Crippen LogP contribution < -0.4 is 15.8 Å². The Balaban J connectivity index is 2.20. The molecule has 4 N–H and O–H groups in total. The number of nitrogen functional groups attached to an aromatic ring is 1. The monoisotopic (exact) mass is 395 g/mol. The Labute approximate surface area is 125 Å². The number of halogens is 1.